The van der Waals surface area contributed by atoms with Gasteiger partial charge in [0.05, 0.1) is 5.56 Å². The first-order valence-electron chi connectivity index (χ1n) is 7.02. The minimum Gasteiger partial charge on any atom is -0.387 e. The predicted octanol–water partition coefficient (Wildman–Crippen LogP) is 2.68. The van der Waals surface area contributed by atoms with Crippen molar-refractivity contribution in [1.82, 2.24) is 10.3 Å². The Balaban J connectivity index is 2.04. The molecule has 2 N–H and O–H groups in total. The highest BCUT2D eigenvalue weighted by atomic mass is 16.1. The first-order valence-corrected chi connectivity index (χ1v) is 7.02. The van der Waals surface area contributed by atoms with Gasteiger partial charge in [-0.05, 0) is 37.2 Å². The van der Waals surface area contributed by atoms with E-state index >= 15 is 0 Å². The van der Waals surface area contributed by atoms with Gasteiger partial charge in [0.15, 0.2) is 0 Å². The van der Waals surface area contributed by atoms with Crippen molar-refractivity contribution >= 4 is 11.6 Å². The Labute approximate surface area is 115 Å². The molecule has 104 valence electrons. The number of hydrogen-bond donors (Lipinski definition) is 2. The maximum atomic E-state index is 12.3. The molecule has 0 aromatic carbocycles. The van der Waals surface area contributed by atoms with E-state index in [1.165, 1.54) is 6.42 Å². The van der Waals surface area contributed by atoms with E-state index in [-0.39, 0.29) is 11.9 Å². The molecule has 1 amide bonds. The number of anilines is 1. The highest BCUT2D eigenvalue weighted by Gasteiger charge is 2.25. The maximum absolute atomic E-state index is 12.3. The number of carbonyl (C=O) groups excluding carboxylic acids is 1. The largest absolute Gasteiger partial charge is 0.387 e. The molecule has 4 nitrogen and oxygen atoms in total. The van der Waals surface area contributed by atoms with E-state index in [2.05, 4.69) is 29.5 Å². The summed E-state index contributed by atoms with van der Waals surface area (Å²) >= 11 is 0. The molecule has 1 heterocycles. The summed E-state index contributed by atoms with van der Waals surface area (Å²) in [6.07, 6.45) is 6.72. The van der Waals surface area contributed by atoms with Gasteiger partial charge in [0.1, 0.15) is 0 Å². The molecular formula is C15H23N3O. The number of carbonyl (C=O) groups is 1. The van der Waals surface area contributed by atoms with E-state index < -0.39 is 0 Å². The van der Waals surface area contributed by atoms with Gasteiger partial charge >= 0.3 is 0 Å². The first-order chi connectivity index (χ1) is 9.10. The lowest BCUT2D eigenvalue weighted by atomic mass is 9.80. The molecule has 1 aliphatic carbocycles. The third kappa shape index (κ3) is 3.46. The number of aromatic nitrogens is 1. The van der Waals surface area contributed by atoms with Crippen LogP contribution in [0.5, 0.6) is 0 Å². The summed E-state index contributed by atoms with van der Waals surface area (Å²) in [6.45, 7) is 4.52. The van der Waals surface area contributed by atoms with Crippen LogP contribution in [-0.2, 0) is 0 Å². The van der Waals surface area contributed by atoms with Gasteiger partial charge in [0.25, 0.3) is 5.91 Å². The van der Waals surface area contributed by atoms with Crippen LogP contribution in [0.3, 0.4) is 0 Å². The summed E-state index contributed by atoms with van der Waals surface area (Å²) in [5.41, 5.74) is 1.44. The SMILES string of the molecule is CNc1ccncc1C(=O)NC1CC(C)CC(C)C1. The van der Waals surface area contributed by atoms with Crippen molar-refractivity contribution in [2.45, 2.75) is 39.2 Å². The highest BCUT2D eigenvalue weighted by molar-refractivity contribution is 5.99. The predicted molar refractivity (Wildman–Crippen MR) is 77.2 cm³/mol. The van der Waals surface area contributed by atoms with Gasteiger partial charge in [-0.2, -0.15) is 0 Å². The van der Waals surface area contributed by atoms with Crippen LogP contribution in [0.4, 0.5) is 5.69 Å². The molecule has 0 radical (unpaired) electrons. The van der Waals surface area contributed by atoms with Crippen molar-refractivity contribution in [2.24, 2.45) is 11.8 Å². The number of nitrogens with one attached hydrogen (secondary N) is 2. The summed E-state index contributed by atoms with van der Waals surface area (Å²) in [4.78, 5) is 16.4. The Hall–Kier alpha value is -1.58. The zero-order valence-corrected chi connectivity index (χ0v) is 11.9. The number of hydrogen-bond acceptors (Lipinski definition) is 3. The van der Waals surface area contributed by atoms with Crippen LogP contribution in [0, 0.1) is 11.8 Å². The number of rotatable bonds is 3. The standard InChI is InChI=1S/C15H23N3O/c1-10-6-11(2)8-12(7-10)18-15(19)13-9-17-5-4-14(13)16-3/h4-5,9-12H,6-8H2,1-3H3,(H,16,17)(H,18,19). The normalized spacial score (nSPS) is 26.8. The number of nitrogens with zero attached hydrogens (tertiary/aromatic N) is 1. The molecule has 1 fully saturated rings. The number of amides is 1. The molecule has 2 unspecified atom stereocenters. The molecule has 1 aromatic rings. The monoisotopic (exact) mass is 261 g/mol. The molecular weight excluding hydrogens is 238 g/mol. The van der Waals surface area contributed by atoms with Gasteiger partial charge in [-0.15, -0.1) is 0 Å². The van der Waals surface area contributed by atoms with E-state index in [0.717, 1.165) is 18.5 Å². The zero-order chi connectivity index (χ0) is 13.8. The lowest BCUT2D eigenvalue weighted by Gasteiger charge is -2.32. The van der Waals surface area contributed by atoms with Crippen molar-refractivity contribution < 1.29 is 4.79 Å². The van der Waals surface area contributed by atoms with Crippen LogP contribution in [-0.4, -0.2) is 24.0 Å². The second-order valence-electron chi connectivity index (χ2n) is 5.76. The third-order valence-electron chi connectivity index (χ3n) is 3.85. The van der Waals surface area contributed by atoms with E-state index in [9.17, 15) is 4.79 Å². The van der Waals surface area contributed by atoms with Crippen LogP contribution in [0.25, 0.3) is 0 Å². The van der Waals surface area contributed by atoms with Crippen molar-refractivity contribution in [3.8, 4) is 0 Å². The molecule has 19 heavy (non-hydrogen) atoms. The molecule has 1 aliphatic rings. The summed E-state index contributed by atoms with van der Waals surface area (Å²) in [5.74, 6) is 1.35. The molecule has 2 atom stereocenters. The fraction of sp³-hybridized carbons (Fsp3) is 0.600. The average Bonchev–Trinajstić information content (AvgIpc) is 2.37. The van der Waals surface area contributed by atoms with Gasteiger partial charge in [-0.1, -0.05) is 13.8 Å². The molecule has 4 heteroatoms. The molecule has 0 aliphatic heterocycles. The molecule has 2 rings (SSSR count). The maximum Gasteiger partial charge on any atom is 0.255 e. The number of pyridine rings is 1. The molecule has 0 bridgehead atoms. The quantitative estimate of drug-likeness (QED) is 0.879. The van der Waals surface area contributed by atoms with Gasteiger partial charge in [0, 0.05) is 31.2 Å². The Bertz CT molecular complexity index is 437. The van der Waals surface area contributed by atoms with Crippen molar-refractivity contribution in [3.05, 3.63) is 24.0 Å². The Morgan fingerprint density at radius 2 is 1.95 bits per heavy atom. The fourth-order valence-electron chi connectivity index (χ4n) is 3.12. The summed E-state index contributed by atoms with van der Waals surface area (Å²) in [5, 5.41) is 6.18. The minimum atomic E-state index is -0.0243. The summed E-state index contributed by atoms with van der Waals surface area (Å²) in [7, 11) is 1.82. The van der Waals surface area contributed by atoms with Crippen LogP contribution < -0.4 is 10.6 Å². The summed E-state index contributed by atoms with van der Waals surface area (Å²) < 4.78 is 0. The van der Waals surface area contributed by atoms with E-state index in [1.807, 2.05) is 13.1 Å². The van der Waals surface area contributed by atoms with Crippen LogP contribution in [0.1, 0.15) is 43.5 Å². The lowest BCUT2D eigenvalue weighted by molar-refractivity contribution is 0.0911. The van der Waals surface area contributed by atoms with Gasteiger partial charge in [-0.3, -0.25) is 9.78 Å². The van der Waals surface area contributed by atoms with Gasteiger partial charge in [0.2, 0.25) is 0 Å². The lowest BCUT2D eigenvalue weighted by Crippen LogP contribution is -2.40. The van der Waals surface area contributed by atoms with Gasteiger partial charge < -0.3 is 10.6 Å². The smallest absolute Gasteiger partial charge is 0.255 e. The second kappa shape index (κ2) is 6.04. The third-order valence-corrected chi connectivity index (χ3v) is 3.85. The fourth-order valence-corrected chi connectivity index (χ4v) is 3.12. The van der Waals surface area contributed by atoms with E-state index in [1.54, 1.807) is 12.4 Å². The molecule has 1 saturated carbocycles. The average molecular weight is 261 g/mol. The Kier molecular flexibility index (Phi) is 4.40. The molecule has 1 aromatic heterocycles. The van der Waals surface area contributed by atoms with E-state index in [0.29, 0.717) is 17.4 Å². The zero-order valence-electron chi connectivity index (χ0n) is 11.9. The summed E-state index contributed by atoms with van der Waals surface area (Å²) in [6, 6.07) is 2.11. The molecule has 0 saturated heterocycles. The Morgan fingerprint density at radius 3 is 2.58 bits per heavy atom. The van der Waals surface area contributed by atoms with Crippen LogP contribution in [0.2, 0.25) is 0 Å². The van der Waals surface area contributed by atoms with Gasteiger partial charge in [-0.25, -0.2) is 0 Å². The minimum absolute atomic E-state index is 0.0243. The van der Waals surface area contributed by atoms with Crippen molar-refractivity contribution in [3.63, 3.8) is 0 Å². The first kappa shape index (κ1) is 13.8. The van der Waals surface area contributed by atoms with Crippen molar-refractivity contribution in [2.75, 3.05) is 12.4 Å². The Morgan fingerprint density at radius 1 is 1.26 bits per heavy atom. The van der Waals surface area contributed by atoms with Crippen LogP contribution in [0.15, 0.2) is 18.5 Å². The van der Waals surface area contributed by atoms with Crippen LogP contribution >= 0.6 is 0 Å². The van der Waals surface area contributed by atoms with E-state index in [4.69, 9.17) is 0 Å². The topological polar surface area (TPSA) is 54.0 Å². The second-order valence-corrected chi connectivity index (χ2v) is 5.76. The van der Waals surface area contributed by atoms with Crippen molar-refractivity contribution in [1.29, 1.82) is 0 Å². The highest BCUT2D eigenvalue weighted by Crippen LogP contribution is 2.28. The molecule has 0 spiro atoms.